The minimum Gasteiger partial charge on any atom is -0.487 e. The number of halogens is 3. The van der Waals surface area contributed by atoms with Crippen LogP contribution in [0.25, 0.3) is 0 Å². The van der Waals surface area contributed by atoms with Gasteiger partial charge in [0.25, 0.3) is 0 Å². The van der Waals surface area contributed by atoms with Crippen LogP contribution in [0, 0.1) is 10.7 Å². The molecule has 2 aromatic carbocycles. The number of benzene rings is 2. The Morgan fingerprint density at radius 3 is 2.24 bits per heavy atom. The van der Waals surface area contributed by atoms with E-state index < -0.39 is 5.91 Å². The highest BCUT2D eigenvalue weighted by molar-refractivity contribution is 14.1. The maximum atomic E-state index is 11.1. The van der Waals surface area contributed by atoms with Crippen LogP contribution in [-0.2, 0) is 6.61 Å². The van der Waals surface area contributed by atoms with Crippen molar-refractivity contribution >= 4 is 79.4 Å². The lowest BCUT2D eigenvalue weighted by atomic mass is 10.1. The number of carbonyl (C=O) groups is 1. The van der Waals surface area contributed by atoms with Crippen molar-refractivity contribution in [3.05, 3.63) is 52.2 Å². The van der Waals surface area contributed by atoms with Gasteiger partial charge in [0, 0.05) is 20.4 Å². The number of amides is 1. The van der Waals surface area contributed by atoms with Gasteiger partial charge in [-0.2, -0.15) is 0 Å². The highest BCUT2D eigenvalue weighted by Gasteiger charge is 2.10. The fourth-order valence-corrected chi connectivity index (χ4v) is 5.59. The number of anilines is 1. The van der Waals surface area contributed by atoms with Crippen LogP contribution in [0.4, 0.5) is 5.69 Å². The van der Waals surface area contributed by atoms with E-state index in [1.54, 1.807) is 18.2 Å². The minimum absolute atomic E-state index is 0.345. The van der Waals surface area contributed by atoms with Crippen molar-refractivity contribution in [3.63, 3.8) is 0 Å². The molecule has 0 aliphatic carbocycles. The van der Waals surface area contributed by atoms with Gasteiger partial charge in [-0.15, -0.1) is 0 Å². The van der Waals surface area contributed by atoms with Gasteiger partial charge in [-0.3, -0.25) is 4.79 Å². The molecule has 0 radical (unpaired) electrons. The Morgan fingerprint density at radius 1 is 1.10 bits per heavy atom. The van der Waals surface area contributed by atoms with Crippen LogP contribution in [0.3, 0.4) is 0 Å². The highest BCUT2D eigenvalue weighted by atomic mass is 127. The average Bonchev–Trinajstić information content (AvgIpc) is 2.38. The number of hydrogen-bond acceptors (Lipinski definition) is 3. The predicted octanol–water partition coefficient (Wildman–Crippen LogP) is 3.76. The number of carbonyl (C=O) groups excluding carboxylic acids is 1. The summed E-state index contributed by atoms with van der Waals surface area (Å²) in [5.41, 5.74) is 12.9. The zero-order valence-corrected chi connectivity index (χ0v) is 17.2. The van der Waals surface area contributed by atoms with Gasteiger partial charge >= 0.3 is 0 Å². The number of primary amides is 1. The van der Waals surface area contributed by atoms with E-state index in [4.69, 9.17) is 16.2 Å². The van der Waals surface area contributed by atoms with Crippen molar-refractivity contribution in [2.75, 3.05) is 5.73 Å². The highest BCUT2D eigenvalue weighted by Crippen LogP contribution is 2.30. The molecular weight excluding hydrogens is 609 g/mol. The van der Waals surface area contributed by atoms with Gasteiger partial charge in [0.15, 0.2) is 0 Å². The predicted molar refractivity (Wildman–Crippen MR) is 108 cm³/mol. The average molecular weight is 620 g/mol. The van der Waals surface area contributed by atoms with Crippen LogP contribution in [0.15, 0.2) is 30.3 Å². The first-order valence-corrected chi connectivity index (χ1v) is 9.07. The molecule has 0 aromatic heterocycles. The molecule has 1 amide bonds. The molecule has 0 atom stereocenters. The molecule has 0 fully saturated rings. The van der Waals surface area contributed by atoms with Gasteiger partial charge in [-0.1, -0.05) is 6.07 Å². The lowest BCUT2D eigenvalue weighted by Crippen LogP contribution is -2.12. The first-order chi connectivity index (χ1) is 9.88. The lowest BCUT2D eigenvalue weighted by molar-refractivity contribution is 0.100. The van der Waals surface area contributed by atoms with E-state index >= 15 is 0 Å². The largest absolute Gasteiger partial charge is 0.487 e. The van der Waals surface area contributed by atoms with Crippen molar-refractivity contribution in [3.8, 4) is 5.75 Å². The summed E-state index contributed by atoms with van der Waals surface area (Å²) < 4.78 is 9.15. The number of nitrogens with two attached hydrogens (primary N) is 2. The molecule has 0 bridgehead atoms. The zero-order chi connectivity index (χ0) is 15.6. The summed E-state index contributed by atoms with van der Waals surface area (Å²) in [5.74, 6) is 0.353. The Hall–Kier alpha value is -0.300. The molecular formula is C14H11I3N2O2. The van der Waals surface area contributed by atoms with Crippen LogP contribution >= 0.6 is 67.8 Å². The quantitative estimate of drug-likeness (QED) is 0.404. The maximum absolute atomic E-state index is 11.1. The Balaban J connectivity index is 2.19. The van der Waals surface area contributed by atoms with Crippen molar-refractivity contribution in [2.24, 2.45) is 5.73 Å². The van der Waals surface area contributed by atoms with Crippen LogP contribution in [-0.4, -0.2) is 5.91 Å². The first-order valence-electron chi connectivity index (χ1n) is 5.84. The molecule has 0 spiro atoms. The van der Waals surface area contributed by atoms with Gasteiger partial charge in [0.05, 0.1) is 7.14 Å². The molecule has 4 nitrogen and oxygen atoms in total. The maximum Gasteiger partial charge on any atom is 0.248 e. The molecule has 110 valence electrons. The van der Waals surface area contributed by atoms with Crippen LogP contribution in [0.1, 0.15) is 15.9 Å². The van der Waals surface area contributed by atoms with Crippen LogP contribution in [0.5, 0.6) is 5.75 Å². The van der Waals surface area contributed by atoms with E-state index in [0.29, 0.717) is 17.9 Å². The normalized spacial score (nSPS) is 10.4. The van der Waals surface area contributed by atoms with E-state index in [0.717, 1.165) is 18.5 Å². The molecule has 0 saturated carbocycles. The van der Waals surface area contributed by atoms with E-state index in [9.17, 15) is 4.79 Å². The van der Waals surface area contributed by atoms with Gasteiger partial charge in [-0.05, 0) is 92.0 Å². The lowest BCUT2D eigenvalue weighted by Gasteiger charge is -2.12. The Kier molecular flexibility index (Phi) is 5.94. The molecule has 7 heteroatoms. The van der Waals surface area contributed by atoms with E-state index in [1.165, 1.54) is 3.57 Å². The number of nitrogen functional groups attached to an aromatic ring is 1. The second-order valence-corrected chi connectivity index (χ2v) is 7.84. The molecule has 0 saturated heterocycles. The monoisotopic (exact) mass is 620 g/mol. The first kappa shape index (κ1) is 17.1. The third-order valence-electron chi connectivity index (χ3n) is 2.77. The van der Waals surface area contributed by atoms with Crippen molar-refractivity contribution < 1.29 is 9.53 Å². The number of rotatable bonds is 4. The summed E-state index contributed by atoms with van der Waals surface area (Å²) in [5, 5.41) is 0. The molecule has 0 aliphatic heterocycles. The third-order valence-corrected chi connectivity index (χ3v) is 4.99. The van der Waals surface area contributed by atoms with Crippen molar-refractivity contribution in [1.29, 1.82) is 0 Å². The molecule has 0 heterocycles. The second kappa shape index (κ2) is 7.31. The molecule has 21 heavy (non-hydrogen) atoms. The van der Waals surface area contributed by atoms with Gasteiger partial charge in [0.2, 0.25) is 5.91 Å². The summed E-state index contributed by atoms with van der Waals surface area (Å²) in [4.78, 5) is 11.1. The summed E-state index contributed by atoms with van der Waals surface area (Å²) in [6.07, 6.45) is 0. The second-order valence-electron chi connectivity index (χ2n) is 4.27. The summed E-state index contributed by atoms with van der Waals surface area (Å²) >= 11 is 6.77. The number of ether oxygens (including phenoxy) is 1. The minimum atomic E-state index is -0.490. The Labute approximate surface area is 163 Å². The SMILES string of the molecule is NC(=O)c1ccc(COc2c(I)cc(I)cc2I)c(N)c1. The van der Waals surface area contributed by atoms with Crippen LogP contribution < -0.4 is 16.2 Å². The van der Waals surface area contributed by atoms with Crippen molar-refractivity contribution in [2.45, 2.75) is 6.61 Å². The van der Waals surface area contributed by atoms with Gasteiger partial charge in [-0.25, -0.2) is 0 Å². The molecule has 4 N–H and O–H groups in total. The Morgan fingerprint density at radius 2 is 1.71 bits per heavy atom. The fraction of sp³-hybridized carbons (Fsp3) is 0.0714. The van der Waals surface area contributed by atoms with Crippen molar-refractivity contribution in [1.82, 2.24) is 0 Å². The van der Waals surface area contributed by atoms with E-state index in [1.807, 2.05) is 0 Å². The number of hydrogen-bond donors (Lipinski definition) is 2. The summed E-state index contributed by atoms with van der Waals surface area (Å²) in [6, 6.07) is 9.10. The molecule has 2 rings (SSSR count). The van der Waals surface area contributed by atoms with Crippen LogP contribution in [0.2, 0.25) is 0 Å². The fourth-order valence-electron chi connectivity index (χ4n) is 1.70. The van der Waals surface area contributed by atoms with Gasteiger partial charge < -0.3 is 16.2 Å². The summed E-state index contributed by atoms with van der Waals surface area (Å²) in [7, 11) is 0. The topological polar surface area (TPSA) is 78.3 Å². The third kappa shape index (κ3) is 4.34. The zero-order valence-electron chi connectivity index (χ0n) is 10.7. The van der Waals surface area contributed by atoms with Gasteiger partial charge in [0.1, 0.15) is 12.4 Å². The van der Waals surface area contributed by atoms with E-state index in [2.05, 4.69) is 79.9 Å². The smallest absolute Gasteiger partial charge is 0.248 e. The van der Waals surface area contributed by atoms with E-state index in [-0.39, 0.29) is 0 Å². The Bertz CT molecular complexity index is 682. The molecule has 0 unspecified atom stereocenters. The standard InChI is InChI=1S/C14H11I3N2O2/c15-9-4-10(16)13(11(17)5-9)21-6-8-2-1-7(14(19)20)3-12(8)18/h1-5H,6,18H2,(H2,19,20). The molecule has 2 aromatic rings. The summed E-state index contributed by atoms with van der Waals surface area (Å²) in [6.45, 7) is 0.345. The molecule has 0 aliphatic rings.